The number of aromatic carboxylic acids is 1. The van der Waals surface area contributed by atoms with E-state index in [4.69, 9.17) is 4.74 Å². The number of hydrogen-bond donors (Lipinski definition) is 1. The predicted octanol–water partition coefficient (Wildman–Crippen LogP) is 5.46. The summed E-state index contributed by atoms with van der Waals surface area (Å²) in [6, 6.07) is 25.5. The van der Waals surface area contributed by atoms with Crippen LogP contribution in [0, 0.1) is 0 Å². The summed E-state index contributed by atoms with van der Waals surface area (Å²) in [6.45, 7) is 1.90. The van der Waals surface area contributed by atoms with Gasteiger partial charge in [0, 0.05) is 24.2 Å². The largest absolute Gasteiger partial charge is 0.487 e. The van der Waals surface area contributed by atoms with Gasteiger partial charge in [0.05, 0.1) is 16.8 Å². The molecule has 5 heteroatoms. The number of hydrogen-bond acceptors (Lipinski definition) is 4. The van der Waals surface area contributed by atoms with Crippen molar-refractivity contribution in [3.63, 3.8) is 0 Å². The third kappa shape index (κ3) is 4.14. The molecule has 0 atom stereocenters. The summed E-state index contributed by atoms with van der Waals surface area (Å²) < 4.78 is 6.05. The van der Waals surface area contributed by atoms with Crippen molar-refractivity contribution >= 4 is 22.6 Å². The van der Waals surface area contributed by atoms with Gasteiger partial charge in [-0.1, -0.05) is 42.5 Å². The number of benzene rings is 3. The van der Waals surface area contributed by atoms with E-state index in [0.717, 1.165) is 53.0 Å². The average Bonchev–Trinajstić information content (AvgIpc) is 2.83. The van der Waals surface area contributed by atoms with E-state index in [1.165, 1.54) is 5.56 Å². The summed E-state index contributed by atoms with van der Waals surface area (Å²) in [5.74, 6) is -0.0598. The normalized spacial score (nSPS) is 13.1. The van der Waals surface area contributed by atoms with Gasteiger partial charge in [0.15, 0.2) is 0 Å². The standard InChI is InChI=1S/C27H24N2O3/c30-27(31)24-9-3-1-7-21(24)17-29-15-5-8-20-16-23(13-14-26(20)29)32-18-22-12-11-19-6-2-4-10-25(19)28-22/h1-4,6-7,9-14,16H,5,8,15,17-18H2,(H,30,31). The fraction of sp³-hybridized carbons (Fsp3) is 0.185. The lowest BCUT2D eigenvalue weighted by atomic mass is 9.99. The number of aryl methyl sites for hydroxylation is 1. The minimum Gasteiger partial charge on any atom is -0.487 e. The van der Waals surface area contributed by atoms with Gasteiger partial charge in [-0.3, -0.25) is 0 Å². The topological polar surface area (TPSA) is 62.7 Å². The first-order chi connectivity index (χ1) is 15.7. The third-order valence-corrected chi connectivity index (χ3v) is 5.92. The lowest BCUT2D eigenvalue weighted by Gasteiger charge is -2.32. The van der Waals surface area contributed by atoms with Crippen LogP contribution in [0.5, 0.6) is 5.75 Å². The second kappa shape index (κ2) is 8.71. The molecule has 4 aromatic rings. The third-order valence-electron chi connectivity index (χ3n) is 5.92. The van der Waals surface area contributed by atoms with Gasteiger partial charge in [0.25, 0.3) is 0 Å². The van der Waals surface area contributed by atoms with Crippen molar-refractivity contribution in [3.05, 3.63) is 101 Å². The molecule has 32 heavy (non-hydrogen) atoms. The lowest BCUT2D eigenvalue weighted by Crippen LogP contribution is -2.29. The summed E-state index contributed by atoms with van der Waals surface area (Å²) >= 11 is 0. The summed E-state index contributed by atoms with van der Waals surface area (Å²) in [5, 5.41) is 10.6. The number of carboxylic acid groups (broad SMARTS) is 1. The van der Waals surface area contributed by atoms with Gasteiger partial charge in [-0.05, 0) is 60.4 Å². The number of nitrogens with zero attached hydrogens (tertiary/aromatic N) is 2. The number of aromatic nitrogens is 1. The highest BCUT2D eigenvalue weighted by molar-refractivity contribution is 5.89. The molecule has 3 aromatic carbocycles. The molecule has 0 bridgehead atoms. The first-order valence-electron chi connectivity index (χ1n) is 10.8. The molecule has 0 unspecified atom stereocenters. The monoisotopic (exact) mass is 424 g/mol. The Morgan fingerprint density at radius 2 is 1.84 bits per heavy atom. The molecule has 0 radical (unpaired) electrons. The molecule has 1 aliphatic rings. The van der Waals surface area contributed by atoms with Gasteiger partial charge in [0.1, 0.15) is 12.4 Å². The SMILES string of the molecule is O=C(O)c1ccccc1CN1CCCc2cc(OCc3ccc4ccccc4n3)ccc21. The Morgan fingerprint density at radius 1 is 1.00 bits per heavy atom. The van der Waals surface area contributed by atoms with Crippen molar-refractivity contribution in [2.75, 3.05) is 11.4 Å². The van der Waals surface area contributed by atoms with E-state index < -0.39 is 5.97 Å². The lowest BCUT2D eigenvalue weighted by molar-refractivity contribution is 0.0695. The van der Waals surface area contributed by atoms with Crippen LogP contribution < -0.4 is 9.64 Å². The fourth-order valence-electron chi connectivity index (χ4n) is 4.32. The van der Waals surface area contributed by atoms with Crippen LogP contribution in [0.1, 0.15) is 33.6 Å². The Bertz CT molecular complexity index is 1280. The van der Waals surface area contributed by atoms with Crippen LogP contribution in [0.2, 0.25) is 0 Å². The maximum absolute atomic E-state index is 11.6. The minimum atomic E-state index is -0.885. The molecule has 1 aliphatic heterocycles. The zero-order valence-corrected chi connectivity index (χ0v) is 17.7. The summed E-state index contributed by atoms with van der Waals surface area (Å²) in [4.78, 5) is 18.5. The molecule has 0 fully saturated rings. The van der Waals surface area contributed by atoms with Crippen LogP contribution in [0.15, 0.2) is 78.9 Å². The second-order valence-corrected chi connectivity index (χ2v) is 8.06. The van der Waals surface area contributed by atoms with Crippen molar-refractivity contribution < 1.29 is 14.6 Å². The molecule has 0 spiro atoms. The van der Waals surface area contributed by atoms with Gasteiger partial charge in [0.2, 0.25) is 0 Å². The Kier molecular flexibility index (Phi) is 5.46. The highest BCUT2D eigenvalue weighted by Gasteiger charge is 2.20. The average molecular weight is 425 g/mol. The van der Waals surface area contributed by atoms with Gasteiger partial charge in [-0.25, -0.2) is 9.78 Å². The number of rotatable bonds is 6. The van der Waals surface area contributed by atoms with Crippen LogP contribution in [0.4, 0.5) is 5.69 Å². The second-order valence-electron chi connectivity index (χ2n) is 8.06. The van der Waals surface area contributed by atoms with E-state index in [9.17, 15) is 9.90 Å². The number of para-hydroxylation sites is 1. The van der Waals surface area contributed by atoms with E-state index in [1.54, 1.807) is 12.1 Å². The molecule has 1 N–H and O–H groups in total. The van der Waals surface area contributed by atoms with Crippen LogP contribution in [-0.2, 0) is 19.6 Å². The molecule has 2 heterocycles. The maximum Gasteiger partial charge on any atom is 0.336 e. The van der Waals surface area contributed by atoms with E-state index in [1.807, 2.05) is 42.5 Å². The molecule has 1 aromatic heterocycles. The van der Waals surface area contributed by atoms with Crippen molar-refractivity contribution in [3.8, 4) is 5.75 Å². The molecule has 0 saturated carbocycles. The maximum atomic E-state index is 11.6. The molecule has 5 nitrogen and oxygen atoms in total. The van der Waals surface area contributed by atoms with Crippen LogP contribution in [0.25, 0.3) is 10.9 Å². The quantitative estimate of drug-likeness (QED) is 0.445. The molecular weight excluding hydrogens is 400 g/mol. The highest BCUT2D eigenvalue weighted by atomic mass is 16.5. The Hall–Kier alpha value is -3.86. The van der Waals surface area contributed by atoms with Gasteiger partial charge >= 0.3 is 5.97 Å². The van der Waals surface area contributed by atoms with E-state index >= 15 is 0 Å². The van der Waals surface area contributed by atoms with Gasteiger partial charge in [-0.15, -0.1) is 0 Å². The Balaban J connectivity index is 1.32. The molecule has 0 saturated heterocycles. The molecule has 160 valence electrons. The van der Waals surface area contributed by atoms with Crippen molar-refractivity contribution in [1.29, 1.82) is 0 Å². The number of anilines is 1. The zero-order chi connectivity index (χ0) is 21.9. The molecule has 0 amide bonds. The highest BCUT2D eigenvalue weighted by Crippen LogP contribution is 2.32. The molecule has 5 rings (SSSR count). The summed E-state index contributed by atoms with van der Waals surface area (Å²) in [7, 11) is 0. The van der Waals surface area contributed by atoms with Crippen molar-refractivity contribution in [2.24, 2.45) is 0 Å². The van der Waals surface area contributed by atoms with Crippen molar-refractivity contribution in [2.45, 2.75) is 26.0 Å². The Labute approximate surface area is 186 Å². The van der Waals surface area contributed by atoms with Gasteiger partial charge < -0.3 is 14.7 Å². The predicted molar refractivity (Wildman–Crippen MR) is 125 cm³/mol. The minimum absolute atomic E-state index is 0.363. The Morgan fingerprint density at radius 3 is 2.75 bits per heavy atom. The van der Waals surface area contributed by atoms with Crippen LogP contribution >= 0.6 is 0 Å². The zero-order valence-electron chi connectivity index (χ0n) is 17.7. The molecule has 0 aliphatic carbocycles. The van der Waals surface area contributed by atoms with E-state index in [0.29, 0.717) is 18.7 Å². The first-order valence-corrected chi connectivity index (χ1v) is 10.8. The van der Waals surface area contributed by atoms with Gasteiger partial charge in [-0.2, -0.15) is 0 Å². The molecular formula is C27H24N2O3. The number of pyridine rings is 1. The summed E-state index contributed by atoms with van der Waals surface area (Å²) in [5.41, 5.74) is 5.43. The smallest absolute Gasteiger partial charge is 0.336 e. The first kappa shape index (κ1) is 20.1. The number of fused-ring (bicyclic) bond motifs is 2. The number of carboxylic acids is 1. The summed E-state index contributed by atoms with van der Waals surface area (Å²) in [6.07, 6.45) is 2.01. The van der Waals surface area contributed by atoms with E-state index in [-0.39, 0.29) is 0 Å². The van der Waals surface area contributed by atoms with E-state index in [2.05, 4.69) is 34.1 Å². The fourth-order valence-corrected chi connectivity index (χ4v) is 4.32. The number of ether oxygens (including phenoxy) is 1. The van der Waals surface area contributed by atoms with Crippen molar-refractivity contribution in [1.82, 2.24) is 4.98 Å². The number of carbonyl (C=O) groups is 1. The van der Waals surface area contributed by atoms with Crippen LogP contribution in [0.3, 0.4) is 0 Å². The van der Waals surface area contributed by atoms with Crippen LogP contribution in [-0.4, -0.2) is 22.6 Å².